The third-order valence-electron chi connectivity index (χ3n) is 6.15. The highest BCUT2D eigenvalue weighted by Gasteiger charge is 2.20. The number of hydrogen-bond donors (Lipinski definition) is 1. The summed E-state index contributed by atoms with van der Waals surface area (Å²) >= 11 is 1.72. The third-order valence-corrected chi connectivity index (χ3v) is 7.23. The number of aromatic nitrogens is 1. The van der Waals surface area contributed by atoms with Gasteiger partial charge in [0, 0.05) is 44.8 Å². The first-order chi connectivity index (χ1) is 17.2. The zero-order chi connectivity index (χ0) is 24.5. The van der Waals surface area contributed by atoms with Crippen molar-refractivity contribution in [2.24, 2.45) is 0 Å². The Morgan fingerprint density at radius 3 is 2.51 bits per heavy atom. The van der Waals surface area contributed by atoms with Gasteiger partial charge < -0.3 is 19.7 Å². The van der Waals surface area contributed by atoms with Crippen LogP contribution in [0.1, 0.15) is 43.5 Å². The minimum absolute atomic E-state index is 0.0398. The van der Waals surface area contributed by atoms with Gasteiger partial charge in [0.25, 0.3) is 5.91 Å². The highest BCUT2D eigenvalue weighted by molar-refractivity contribution is 7.22. The summed E-state index contributed by atoms with van der Waals surface area (Å²) in [4.78, 5) is 22.1. The predicted molar refractivity (Wildman–Crippen MR) is 143 cm³/mol. The minimum Gasteiger partial charge on any atom is -0.494 e. The molecule has 2 aromatic carbocycles. The van der Waals surface area contributed by atoms with Crippen LogP contribution in [0.5, 0.6) is 11.5 Å². The molecule has 0 unspecified atom stereocenters. The molecule has 7 nitrogen and oxygen atoms in total. The lowest BCUT2D eigenvalue weighted by Gasteiger charge is -2.34. The van der Waals surface area contributed by atoms with E-state index in [1.54, 1.807) is 11.3 Å². The van der Waals surface area contributed by atoms with Crippen LogP contribution >= 0.6 is 11.3 Å². The van der Waals surface area contributed by atoms with Crippen molar-refractivity contribution in [2.45, 2.75) is 33.1 Å². The van der Waals surface area contributed by atoms with E-state index in [2.05, 4.69) is 28.1 Å². The van der Waals surface area contributed by atoms with Crippen LogP contribution in [0, 0.1) is 0 Å². The van der Waals surface area contributed by atoms with E-state index in [4.69, 9.17) is 14.5 Å². The van der Waals surface area contributed by atoms with Crippen molar-refractivity contribution < 1.29 is 14.3 Å². The van der Waals surface area contributed by atoms with Crippen molar-refractivity contribution in [1.29, 1.82) is 0 Å². The van der Waals surface area contributed by atoms with Crippen LogP contribution in [0.15, 0.2) is 42.5 Å². The number of amides is 1. The monoisotopic (exact) mass is 496 g/mol. The zero-order valence-corrected chi connectivity index (χ0v) is 21.6. The van der Waals surface area contributed by atoms with Gasteiger partial charge in [-0.05, 0) is 55.8 Å². The number of rotatable bonds is 12. The Bertz CT molecular complexity index is 1080. The summed E-state index contributed by atoms with van der Waals surface area (Å²) in [6, 6.07) is 13.5. The molecule has 0 saturated carbocycles. The number of nitrogens with one attached hydrogen (secondary N) is 1. The minimum atomic E-state index is -0.0398. The number of carbonyl (C=O) groups excluding carboxylic acids is 1. The Labute approximate surface area is 212 Å². The summed E-state index contributed by atoms with van der Waals surface area (Å²) in [6.45, 7) is 10.8. The highest BCUT2D eigenvalue weighted by Crippen LogP contribution is 2.32. The Hall–Kier alpha value is -2.84. The molecule has 1 amide bonds. The van der Waals surface area contributed by atoms with Crippen molar-refractivity contribution in [3.63, 3.8) is 0 Å². The normalized spacial score (nSPS) is 14.3. The predicted octanol–water partition coefficient (Wildman–Crippen LogP) is 4.82. The van der Waals surface area contributed by atoms with Gasteiger partial charge in [-0.15, -0.1) is 0 Å². The molecule has 1 aliphatic rings. The fraction of sp³-hybridized carbons (Fsp3) is 0.481. The first-order valence-electron chi connectivity index (χ1n) is 12.7. The number of fused-ring (bicyclic) bond motifs is 1. The summed E-state index contributed by atoms with van der Waals surface area (Å²) in [5.41, 5.74) is 1.69. The van der Waals surface area contributed by atoms with E-state index >= 15 is 0 Å². The number of thiazole rings is 1. The summed E-state index contributed by atoms with van der Waals surface area (Å²) < 4.78 is 12.5. The number of anilines is 1. The molecular weight excluding hydrogens is 460 g/mol. The second-order valence-corrected chi connectivity index (χ2v) is 9.73. The Kier molecular flexibility index (Phi) is 9.20. The number of ether oxygens (including phenoxy) is 2. The highest BCUT2D eigenvalue weighted by atomic mass is 32.1. The molecule has 2 heterocycles. The van der Waals surface area contributed by atoms with E-state index in [1.807, 2.05) is 43.3 Å². The summed E-state index contributed by atoms with van der Waals surface area (Å²) in [7, 11) is 0. The Morgan fingerprint density at radius 1 is 1.00 bits per heavy atom. The topological polar surface area (TPSA) is 66.9 Å². The molecule has 1 saturated heterocycles. The lowest BCUT2D eigenvalue weighted by Crippen LogP contribution is -2.48. The number of unbranched alkanes of at least 4 members (excludes halogenated alkanes) is 2. The molecule has 0 radical (unpaired) electrons. The smallest absolute Gasteiger partial charge is 0.251 e. The van der Waals surface area contributed by atoms with Gasteiger partial charge in [-0.3, -0.25) is 9.69 Å². The van der Waals surface area contributed by atoms with Crippen LogP contribution in [-0.2, 0) is 0 Å². The fourth-order valence-electron chi connectivity index (χ4n) is 4.12. The van der Waals surface area contributed by atoms with Gasteiger partial charge in [0.2, 0.25) is 0 Å². The van der Waals surface area contributed by atoms with Crippen LogP contribution in [-0.4, -0.2) is 68.3 Å². The molecule has 0 atom stereocenters. The fourth-order valence-corrected chi connectivity index (χ4v) is 5.17. The second kappa shape index (κ2) is 12.7. The van der Waals surface area contributed by atoms with Crippen molar-refractivity contribution >= 4 is 32.6 Å². The Morgan fingerprint density at radius 2 is 1.77 bits per heavy atom. The van der Waals surface area contributed by atoms with E-state index in [-0.39, 0.29) is 5.91 Å². The zero-order valence-electron chi connectivity index (χ0n) is 20.8. The van der Waals surface area contributed by atoms with Crippen molar-refractivity contribution in [1.82, 2.24) is 15.2 Å². The molecule has 0 spiro atoms. The van der Waals surface area contributed by atoms with Crippen LogP contribution in [0.3, 0.4) is 0 Å². The van der Waals surface area contributed by atoms with E-state index in [9.17, 15) is 4.79 Å². The molecule has 4 rings (SSSR count). The molecule has 1 aliphatic heterocycles. The molecule has 1 fully saturated rings. The first kappa shape index (κ1) is 25.3. The lowest BCUT2D eigenvalue weighted by atomic mass is 10.2. The summed E-state index contributed by atoms with van der Waals surface area (Å²) in [5, 5.41) is 4.11. The van der Waals surface area contributed by atoms with Crippen molar-refractivity contribution in [2.75, 3.05) is 57.4 Å². The van der Waals surface area contributed by atoms with Crippen LogP contribution in [0.2, 0.25) is 0 Å². The van der Waals surface area contributed by atoms with Gasteiger partial charge in [-0.1, -0.05) is 31.1 Å². The molecule has 35 heavy (non-hydrogen) atoms. The summed E-state index contributed by atoms with van der Waals surface area (Å²) in [5.74, 6) is 1.68. The largest absolute Gasteiger partial charge is 0.494 e. The average molecular weight is 497 g/mol. The molecule has 188 valence electrons. The SMILES string of the molecule is CCCCCOc1ccc(C(=O)NCCN2CCN(c3nc4ccc(OCC)cc4s3)CC2)cc1. The average Bonchev–Trinajstić information content (AvgIpc) is 3.31. The standard InChI is InChI=1S/C27H36N4O3S/c1-3-5-6-19-34-22-9-7-21(8-10-22)26(32)28-13-14-30-15-17-31(18-16-30)27-29-24-12-11-23(33-4-2)20-25(24)35-27/h7-12,20H,3-6,13-19H2,1-2H3,(H,28,32). The molecule has 8 heteroatoms. The molecule has 3 aromatic rings. The van der Waals surface area contributed by atoms with Crippen LogP contribution < -0.4 is 19.7 Å². The van der Waals surface area contributed by atoms with E-state index < -0.39 is 0 Å². The maximum absolute atomic E-state index is 12.5. The van der Waals surface area contributed by atoms with E-state index in [0.29, 0.717) is 18.7 Å². The number of hydrogen-bond acceptors (Lipinski definition) is 7. The second-order valence-electron chi connectivity index (χ2n) is 8.72. The molecule has 0 aliphatic carbocycles. The van der Waals surface area contributed by atoms with Crippen molar-refractivity contribution in [3.05, 3.63) is 48.0 Å². The first-order valence-corrected chi connectivity index (χ1v) is 13.5. The van der Waals surface area contributed by atoms with Gasteiger partial charge in [0.1, 0.15) is 11.5 Å². The van der Waals surface area contributed by atoms with Gasteiger partial charge in [-0.2, -0.15) is 0 Å². The van der Waals surface area contributed by atoms with E-state index in [0.717, 1.165) is 72.6 Å². The molecule has 1 aromatic heterocycles. The number of benzene rings is 2. The Balaban J connectivity index is 1.18. The van der Waals surface area contributed by atoms with Gasteiger partial charge in [0.05, 0.1) is 23.4 Å². The summed E-state index contributed by atoms with van der Waals surface area (Å²) in [6.07, 6.45) is 3.41. The maximum Gasteiger partial charge on any atom is 0.251 e. The van der Waals surface area contributed by atoms with Gasteiger partial charge in [-0.25, -0.2) is 4.98 Å². The van der Waals surface area contributed by atoms with Crippen LogP contribution in [0.4, 0.5) is 5.13 Å². The van der Waals surface area contributed by atoms with Gasteiger partial charge >= 0.3 is 0 Å². The third kappa shape index (κ3) is 7.08. The number of nitrogens with zero attached hydrogens (tertiary/aromatic N) is 3. The lowest BCUT2D eigenvalue weighted by molar-refractivity contribution is 0.0947. The quantitative estimate of drug-likeness (QED) is 0.363. The molecule has 0 bridgehead atoms. The molecular formula is C27H36N4O3S. The van der Waals surface area contributed by atoms with Gasteiger partial charge in [0.15, 0.2) is 5.13 Å². The van der Waals surface area contributed by atoms with Crippen LogP contribution in [0.25, 0.3) is 10.2 Å². The maximum atomic E-state index is 12.5. The van der Waals surface area contributed by atoms with E-state index in [1.165, 1.54) is 12.8 Å². The molecule has 1 N–H and O–H groups in total. The number of piperazine rings is 1. The van der Waals surface area contributed by atoms with Crippen molar-refractivity contribution in [3.8, 4) is 11.5 Å². The number of carbonyl (C=O) groups is 1.